The summed E-state index contributed by atoms with van der Waals surface area (Å²) < 4.78 is 2.88. The number of aromatic nitrogens is 2. The minimum Gasteiger partial charge on any atom is -0.396 e. The van der Waals surface area contributed by atoms with E-state index in [0.717, 1.165) is 28.6 Å². The van der Waals surface area contributed by atoms with Crippen LogP contribution in [0.5, 0.6) is 0 Å². The predicted molar refractivity (Wildman–Crippen MR) is 66.7 cm³/mol. The molecule has 0 aliphatic rings. The molecule has 3 nitrogen and oxygen atoms in total. The summed E-state index contributed by atoms with van der Waals surface area (Å²) in [6.45, 7) is 0.224. The zero-order valence-corrected chi connectivity index (χ0v) is 10.4. The SMILES string of the molecule is OCCCc1cnn(-c2cccc(Br)c2)c1. The average Bonchev–Trinajstić information content (AvgIpc) is 2.75. The molecule has 0 saturated heterocycles. The van der Waals surface area contributed by atoms with E-state index in [4.69, 9.17) is 5.11 Å². The monoisotopic (exact) mass is 280 g/mol. The van der Waals surface area contributed by atoms with Crippen LogP contribution in [-0.2, 0) is 6.42 Å². The van der Waals surface area contributed by atoms with Crippen molar-refractivity contribution in [2.24, 2.45) is 0 Å². The minimum atomic E-state index is 0.224. The van der Waals surface area contributed by atoms with Crippen molar-refractivity contribution in [3.05, 3.63) is 46.7 Å². The van der Waals surface area contributed by atoms with E-state index in [9.17, 15) is 0 Å². The van der Waals surface area contributed by atoms with Gasteiger partial charge in [-0.25, -0.2) is 4.68 Å². The van der Waals surface area contributed by atoms with Gasteiger partial charge >= 0.3 is 0 Å². The molecule has 0 spiro atoms. The Labute approximate surface area is 103 Å². The first-order valence-corrected chi connectivity index (χ1v) is 5.99. The van der Waals surface area contributed by atoms with Crippen LogP contribution in [0.15, 0.2) is 41.1 Å². The molecule has 1 heterocycles. The summed E-state index contributed by atoms with van der Waals surface area (Å²) in [7, 11) is 0. The lowest BCUT2D eigenvalue weighted by Gasteiger charge is -2.00. The summed E-state index contributed by atoms with van der Waals surface area (Å²) in [5, 5.41) is 13.0. The predicted octanol–water partition coefficient (Wildman–Crippen LogP) is 2.56. The van der Waals surface area contributed by atoms with Crippen LogP contribution in [0.1, 0.15) is 12.0 Å². The second-order valence-corrected chi connectivity index (χ2v) is 4.52. The summed E-state index contributed by atoms with van der Waals surface area (Å²) in [5.74, 6) is 0. The fourth-order valence-electron chi connectivity index (χ4n) is 1.53. The van der Waals surface area contributed by atoms with Gasteiger partial charge in [0.25, 0.3) is 0 Å². The van der Waals surface area contributed by atoms with Crippen molar-refractivity contribution < 1.29 is 5.11 Å². The third-order valence-corrected chi connectivity index (χ3v) is 2.83. The molecule has 2 aromatic rings. The number of hydrogen-bond acceptors (Lipinski definition) is 2. The van der Waals surface area contributed by atoms with Gasteiger partial charge in [-0.2, -0.15) is 5.10 Å². The molecule has 0 radical (unpaired) electrons. The molecule has 0 aliphatic heterocycles. The molecule has 4 heteroatoms. The van der Waals surface area contributed by atoms with Crippen molar-refractivity contribution >= 4 is 15.9 Å². The summed E-state index contributed by atoms with van der Waals surface area (Å²) in [5.41, 5.74) is 2.18. The molecular formula is C12H13BrN2O. The Balaban J connectivity index is 2.18. The van der Waals surface area contributed by atoms with Crippen molar-refractivity contribution in [1.82, 2.24) is 9.78 Å². The highest BCUT2D eigenvalue weighted by Gasteiger charge is 2.01. The molecule has 1 aromatic heterocycles. The van der Waals surface area contributed by atoms with Crippen LogP contribution in [0.25, 0.3) is 5.69 Å². The third kappa shape index (κ3) is 2.71. The van der Waals surface area contributed by atoms with Crippen LogP contribution in [-0.4, -0.2) is 21.5 Å². The molecule has 2 rings (SSSR count). The second kappa shape index (κ2) is 5.27. The number of rotatable bonds is 4. The summed E-state index contributed by atoms with van der Waals surface area (Å²) in [4.78, 5) is 0. The standard InChI is InChI=1S/C12H13BrN2O/c13-11-4-1-5-12(7-11)15-9-10(8-14-15)3-2-6-16/h1,4-5,7-9,16H,2-3,6H2. The zero-order valence-electron chi connectivity index (χ0n) is 8.81. The highest BCUT2D eigenvalue weighted by atomic mass is 79.9. The molecule has 0 unspecified atom stereocenters. The second-order valence-electron chi connectivity index (χ2n) is 3.60. The van der Waals surface area contributed by atoms with Gasteiger partial charge in [-0.05, 0) is 36.6 Å². The maximum Gasteiger partial charge on any atom is 0.0656 e. The molecule has 0 amide bonds. The number of halogens is 1. The lowest BCUT2D eigenvalue weighted by Crippen LogP contribution is -1.93. The van der Waals surface area contributed by atoms with Gasteiger partial charge in [0.05, 0.1) is 11.9 Å². The van der Waals surface area contributed by atoms with Gasteiger partial charge in [-0.3, -0.25) is 0 Å². The molecule has 1 aromatic carbocycles. The summed E-state index contributed by atoms with van der Waals surface area (Å²) in [6.07, 6.45) is 5.49. The Morgan fingerprint density at radius 3 is 3.00 bits per heavy atom. The van der Waals surface area contributed by atoms with Crippen LogP contribution < -0.4 is 0 Å². The van der Waals surface area contributed by atoms with Crippen LogP contribution in [0.3, 0.4) is 0 Å². The number of aryl methyl sites for hydroxylation is 1. The molecule has 0 fully saturated rings. The highest BCUT2D eigenvalue weighted by Crippen LogP contribution is 2.15. The lowest BCUT2D eigenvalue weighted by molar-refractivity contribution is 0.288. The lowest BCUT2D eigenvalue weighted by atomic mass is 10.2. The molecule has 0 saturated carbocycles. The van der Waals surface area contributed by atoms with E-state index in [-0.39, 0.29) is 6.61 Å². The molecule has 1 N–H and O–H groups in total. The Bertz CT molecular complexity index is 468. The van der Waals surface area contributed by atoms with E-state index in [1.165, 1.54) is 0 Å². The van der Waals surface area contributed by atoms with E-state index >= 15 is 0 Å². The maximum atomic E-state index is 8.75. The van der Waals surface area contributed by atoms with Gasteiger partial charge in [0.15, 0.2) is 0 Å². The van der Waals surface area contributed by atoms with Gasteiger partial charge in [-0.15, -0.1) is 0 Å². The Morgan fingerprint density at radius 1 is 1.38 bits per heavy atom. The first-order chi connectivity index (χ1) is 7.79. The van der Waals surface area contributed by atoms with Gasteiger partial charge in [0, 0.05) is 17.3 Å². The Kier molecular flexibility index (Phi) is 3.74. The van der Waals surface area contributed by atoms with E-state index < -0.39 is 0 Å². The molecule has 0 bridgehead atoms. The minimum absolute atomic E-state index is 0.224. The number of nitrogens with zero attached hydrogens (tertiary/aromatic N) is 2. The van der Waals surface area contributed by atoms with Crippen molar-refractivity contribution in [1.29, 1.82) is 0 Å². The molecule has 0 aliphatic carbocycles. The van der Waals surface area contributed by atoms with Crippen molar-refractivity contribution in [3.63, 3.8) is 0 Å². The van der Waals surface area contributed by atoms with Crippen molar-refractivity contribution in [3.8, 4) is 5.69 Å². The van der Waals surface area contributed by atoms with Crippen LogP contribution >= 0.6 is 15.9 Å². The van der Waals surface area contributed by atoms with Crippen LogP contribution in [0.4, 0.5) is 0 Å². The van der Waals surface area contributed by atoms with Crippen molar-refractivity contribution in [2.45, 2.75) is 12.8 Å². The molecule has 16 heavy (non-hydrogen) atoms. The quantitative estimate of drug-likeness (QED) is 0.935. The number of hydrogen-bond donors (Lipinski definition) is 1. The van der Waals surface area contributed by atoms with Crippen LogP contribution in [0, 0.1) is 0 Å². The maximum absolute atomic E-state index is 8.75. The third-order valence-electron chi connectivity index (χ3n) is 2.33. The first kappa shape index (κ1) is 11.4. The summed E-state index contributed by atoms with van der Waals surface area (Å²) in [6, 6.07) is 7.99. The van der Waals surface area contributed by atoms with Crippen molar-refractivity contribution in [2.75, 3.05) is 6.61 Å². The smallest absolute Gasteiger partial charge is 0.0656 e. The Morgan fingerprint density at radius 2 is 2.25 bits per heavy atom. The van der Waals surface area contributed by atoms with Gasteiger partial charge in [0.2, 0.25) is 0 Å². The van der Waals surface area contributed by atoms with Gasteiger partial charge < -0.3 is 5.11 Å². The summed E-state index contributed by atoms with van der Waals surface area (Å²) >= 11 is 3.43. The van der Waals surface area contributed by atoms with E-state index in [1.807, 2.05) is 41.3 Å². The van der Waals surface area contributed by atoms with Gasteiger partial charge in [0.1, 0.15) is 0 Å². The number of aliphatic hydroxyl groups excluding tert-OH is 1. The first-order valence-electron chi connectivity index (χ1n) is 5.20. The topological polar surface area (TPSA) is 38.1 Å². The largest absolute Gasteiger partial charge is 0.396 e. The fraction of sp³-hybridized carbons (Fsp3) is 0.250. The van der Waals surface area contributed by atoms with E-state index in [2.05, 4.69) is 21.0 Å². The number of benzene rings is 1. The van der Waals surface area contributed by atoms with E-state index in [1.54, 1.807) is 0 Å². The molecule has 84 valence electrons. The zero-order chi connectivity index (χ0) is 11.4. The normalized spacial score (nSPS) is 10.6. The van der Waals surface area contributed by atoms with E-state index in [0.29, 0.717) is 0 Å². The molecule has 0 atom stereocenters. The van der Waals surface area contributed by atoms with Crippen LogP contribution in [0.2, 0.25) is 0 Å². The highest BCUT2D eigenvalue weighted by molar-refractivity contribution is 9.10. The number of aliphatic hydroxyl groups is 1. The average molecular weight is 281 g/mol. The van der Waals surface area contributed by atoms with Gasteiger partial charge in [-0.1, -0.05) is 22.0 Å². The fourth-order valence-corrected chi connectivity index (χ4v) is 1.92. The molecular weight excluding hydrogens is 268 g/mol. The Hall–Kier alpha value is -1.13.